The van der Waals surface area contributed by atoms with Crippen LogP contribution in [0.25, 0.3) is 0 Å². The summed E-state index contributed by atoms with van der Waals surface area (Å²) in [7, 11) is 0. The Balaban J connectivity index is 1.98. The molecule has 0 fully saturated rings. The number of aliphatic hydroxyl groups excluding tert-OH is 1. The quantitative estimate of drug-likeness (QED) is 0.593. The van der Waals surface area contributed by atoms with Crippen molar-refractivity contribution in [2.24, 2.45) is 4.99 Å². The molecular formula is C21H27N5O2. The van der Waals surface area contributed by atoms with Gasteiger partial charge < -0.3 is 15.3 Å². The van der Waals surface area contributed by atoms with Crippen molar-refractivity contribution in [1.29, 1.82) is 0 Å². The van der Waals surface area contributed by atoms with Gasteiger partial charge in [-0.25, -0.2) is 15.0 Å². The van der Waals surface area contributed by atoms with Gasteiger partial charge in [0.25, 0.3) is 5.91 Å². The first-order valence-electron chi connectivity index (χ1n) is 9.48. The second-order valence-electron chi connectivity index (χ2n) is 7.65. The average Bonchev–Trinajstić information content (AvgIpc) is 2.95. The Morgan fingerprint density at radius 1 is 1.32 bits per heavy atom. The molecule has 1 aromatic carbocycles. The summed E-state index contributed by atoms with van der Waals surface area (Å²) >= 11 is 0. The number of hydrogen-bond acceptors (Lipinski definition) is 6. The van der Waals surface area contributed by atoms with Crippen LogP contribution in [0.15, 0.2) is 35.6 Å². The van der Waals surface area contributed by atoms with Gasteiger partial charge in [-0.1, -0.05) is 32.0 Å². The van der Waals surface area contributed by atoms with E-state index in [1.807, 2.05) is 13.0 Å². The lowest BCUT2D eigenvalue weighted by Crippen LogP contribution is -2.30. The molecule has 148 valence electrons. The van der Waals surface area contributed by atoms with Crippen molar-refractivity contribution < 1.29 is 9.90 Å². The second-order valence-corrected chi connectivity index (χ2v) is 7.65. The number of carbonyl (C=O) groups excluding carboxylic acids is 1. The van der Waals surface area contributed by atoms with E-state index < -0.39 is 0 Å². The SMILES string of the molecule is C/C(=N\c1c(C)ncnc1N1CC(C)(C)c2ccccc21)C(=O)NCCCO. The molecule has 0 bridgehead atoms. The number of benzene rings is 1. The number of aryl methyl sites for hydroxylation is 1. The highest BCUT2D eigenvalue weighted by Gasteiger charge is 2.37. The van der Waals surface area contributed by atoms with Gasteiger partial charge in [-0.05, 0) is 31.9 Å². The largest absolute Gasteiger partial charge is 0.396 e. The molecular weight excluding hydrogens is 354 g/mol. The molecule has 0 aliphatic carbocycles. The smallest absolute Gasteiger partial charge is 0.265 e. The van der Waals surface area contributed by atoms with Gasteiger partial charge in [0.05, 0.1) is 5.69 Å². The summed E-state index contributed by atoms with van der Waals surface area (Å²) in [6.07, 6.45) is 2.05. The lowest BCUT2D eigenvalue weighted by molar-refractivity contribution is -0.114. The van der Waals surface area contributed by atoms with E-state index in [4.69, 9.17) is 5.11 Å². The number of aromatic nitrogens is 2. The zero-order valence-electron chi connectivity index (χ0n) is 16.9. The van der Waals surface area contributed by atoms with E-state index in [2.05, 4.69) is 57.2 Å². The van der Waals surface area contributed by atoms with Crippen molar-refractivity contribution in [2.75, 3.05) is 24.6 Å². The lowest BCUT2D eigenvalue weighted by atomic mass is 9.87. The summed E-state index contributed by atoms with van der Waals surface area (Å²) in [5.41, 5.74) is 4.00. The van der Waals surface area contributed by atoms with E-state index in [0.29, 0.717) is 30.2 Å². The molecule has 2 N–H and O–H groups in total. The molecule has 2 heterocycles. The summed E-state index contributed by atoms with van der Waals surface area (Å²) < 4.78 is 0. The molecule has 1 aliphatic rings. The first kappa shape index (κ1) is 19.9. The maximum absolute atomic E-state index is 12.3. The fourth-order valence-corrected chi connectivity index (χ4v) is 3.45. The van der Waals surface area contributed by atoms with E-state index in [1.54, 1.807) is 6.92 Å². The molecule has 0 saturated heterocycles. The minimum absolute atomic E-state index is 0.0207. The zero-order chi connectivity index (χ0) is 20.3. The number of fused-ring (bicyclic) bond motifs is 1. The van der Waals surface area contributed by atoms with Gasteiger partial charge in [0.15, 0.2) is 5.82 Å². The third kappa shape index (κ3) is 3.89. The van der Waals surface area contributed by atoms with Crippen LogP contribution < -0.4 is 10.2 Å². The minimum Gasteiger partial charge on any atom is -0.396 e. The summed E-state index contributed by atoms with van der Waals surface area (Å²) in [4.78, 5) is 27.8. The Bertz CT molecular complexity index is 907. The number of nitrogens with one attached hydrogen (secondary N) is 1. The molecule has 7 heteroatoms. The Labute approximate surface area is 165 Å². The van der Waals surface area contributed by atoms with E-state index in [-0.39, 0.29) is 17.9 Å². The van der Waals surface area contributed by atoms with Crippen LogP contribution in [0.1, 0.15) is 38.4 Å². The Morgan fingerprint density at radius 2 is 2.07 bits per heavy atom. The van der Waals surface area contributed by atoms with Gasteiger partial charge in [-0.3, -0.25) is 4.79 Å². The van der Waals surface area contributed by atoms with Crippen molar-refractivity contribution in [2.45, 2.75) is 39.5 Å². The van der Waals surface area contributed by atoms with Gasteiger partial charge in [-0.2, -0.15) is 0 Å². The number of amides is 1. The number of aliphatic hydroxyl groups is 1. The van der Waals surface area contributed by atoms with Crippen molar-refractivity contribution in [3.63, 3.8) is 0 Å². The van der Waals surface area contributed by atoms with Gasteiger partial charge in [0, 0.05) is 30.8 Å². The van der Waals surface area contributed by atoms with Gasteiger partial charge >= 0.3 is 0 Å². The number of para-hydroxylation sites is 1. The van der Waals surface area contributed by atoms with Crippen molar-refractivity contribution in [3.05, 3.63) is 41.9 Å². The van der Waals surface area contributed by atoms with Crippen LogP contribution >= 0.6 is 0 Å². The van der Waals surface area contributed by atoms with Crippen molar-refractivity contribution in [1.82, 2.24) is 15.3 Å². The van der Waals surface area contributed by atoms with Crippen LogP contribution in [0.5, 0.6) is 0 Å². The van der Waals surface area contributed by atoms with Gasteiger partial charge in [0.1, 0.15) is 17.7 Å². The number of nitrogens with zero attached hydrogens (tertiary/aromatic N) is 4. The molecule has 1 aliphatic heterocycles. The van der Waals surface area contributed by atoms with Crippen LogP contribution in [-0.4, -0.2) is 46.4 Å². The molecule has 0 unspecified atom stereocenters. The van der Waals surface area contributed by atoms with Crippen LogP contribution in [-0.2, 0) is 10.2 Å². The highest BCUT2D eigenvalue weighted by Crippen LogP contribution is 2.46. The second kappa shape index (κ2) is 8.06. The maximum Gasteiger partial charge on any atom is 0.265 e. The predicted octanol–water partition coefficient (Wildman–Crippen LogP) is 2.81. The molecule has 3 rings (SSSR count). The topological polar surface area (TPSA) is 90.7 Å². The Morgan fingerprint density at radius 3 is 2.82 bits per heavy atom. The standard InChI is InChI=1S/C21H27N5O2/c1-14-18(25-15(2)20(28)22-10-7-11-27)19(24-13-23-14)26-12-21(3,4)16-8-5-6-9-17(16)26/h5-6,8-9,13,27H,7,10-12H2,1-4H3,(H,22,28)/b25-15+. The van der Waals surface area contributed by atoms with Crippen molar-refractivity contribution >= 4 is 28.8 Å². The zero-order valence-corrected chi connectivity index (χ0v) is 16.9. The molecule has 28 heavy (non-hydrogen) atoms. The summed E-state index contributed by atoms with van der Waals surface area (Å²) in [5, 5.41) is 11.6. The maximum atomic E-state index is 12.3. The summed E-state index contributed by atoms with van der Waals surface area (Å²) in [5.74, 6) is 0.442. The summed E-state index contributed by atoms with van der Waals surface area (Å²) in [6, 6.07) is 8.30. The predicted molar refractivity (Wildman–Crippen MR) is 111 cm³/mol. The molecule has 1 amide bonds. The molecule has 0 saturated carbocycles. The number of rotatable bonds is 6. The molecule has 0 radical (unpaired) electrons. The molecule has 0 atom stereocenters. The third-order valence-corrected chi connectivity index (χ3v) is 4.95. The normalized spacial score (nSPS) is 15.5. The average molecular weight is 381 g/mol. The lowest BCUT2D eigenvalue weighted by Gasteiger charge is -2.23. The first-order valence-corrected chi connectivity index (χ1v) is 9.48. The molecule has 1 aromatic heterocycles. The Kier molecular flexibility index (Phi) is 5.74. The monoisotopic (exact) mass is 381 g/mol. The fourth-order valence-electron chi connectivity index (χ4n) is 3.45. The van der Waals surface area contributed by atoms with Crippen LogP contribution in [0.3, 0.4) is 0 Å². The van der Waals surface area contributed by atoms with Crippen LogP contribution in [0.2, 0.25) is 0 Å². The van der Waals surface area contributed by atoms with Crippen LogP contribution in [0.4, 0.5) is 17.2 Å². The van der Waals surface area contributed by atoms with E-state index in [0.717, 1.165) is 17.9 Å². The van der Waals surface area contributed by atoms with Gasteiger partial charge in [0.2, 0.25) is 0 Å². The number of carbonyl (C=O) groups is 1. The number of hydrogen-bond donors (Lipinski definition) is 2. The molecule has 0 spiro atoms. The highest BCUT2D eigenvalue weighted by molar-refractivity contribution is 6.38. The first-order chi connectivity index (χ1) is 13.3. The van der Waals surface area contributed by atoms with Crippen molar-refractivity contribution in [3.8, 4) is 0 Å². The summed E-state index contributed by atoms with van der Waals surface area (Å²) in [6.45, 7) is 9.18. The third-order valence-electron chi connectivity index (χ3n) is 4.95. The van der Waals surface area contributed by atoms with E-state index in [1.165, 1.54) is 11.9 Å². The van der Waals surface area contributed by atoms with E-state index >= 15 is 0 Å². The van der Waals surface area contributed by atoms with E-state index in [9.17, 15) is 4.79 Å². The number of aliphatic imine (C=N–C) groups is 1. The molecule has 2 aromatic rings. The van der Waals surface area contributed by atoms with Gasteiger partial charge in [-0.15, -0.1) is 0 Å². The highest BCUT2D eigenvalue weighted by atomic mass is 16.3. The van der Waals surface area contributed by atoms with Crippen LogP contribution in [0, 0.1) is 6.92 Å². The number of anilines is 2. The Hall–Kier alpha value is -2.80. The fraction of sp³-hybridized carbons (Fsp3) is 0.429. The molecule has 7 nitrogen and oxygen atoms in total. The minimum atomic E-state index is -0.259.